The van der Waals surface area contributed by atoms with Gasteiger partial charge >= 0.3 is 0 Å². The fourth-order valence-electron chi connectivity index (χ4n) is 2.18. The molecule has 0 amide bonds. The van der Waals surface area contributed by atoms with Gasteiger partial charge in [-0.25, -0.2) is 0 Å². The highest BCUT2D eigenvalue weighted by molar-refractivity contribution is 9.10. The summed E-state index contributed by atoms with van der Waals surface area (Å²) in [4.78, 5) is 0. The van der Waals surface area contributed by atoms with Crippen molar-refractivity contribution in [3.05, 3.63) is 15.9 Å². The Bertz CT molecular complexity index is 385. The second-order valence-electron chi connectivity index (χ2n) is 4.69. The van der Waals surface area contributed by atoms with Gasteiger partial charge in [0.05, 0.1) is 28.6 Å². The summed E-state index contributed by atoms with van der Waals surface area (Å²) in [7, 11) is 1.96. The Morgan fingerprint density at radius 3 is 2.76 bits per heavy atom. The number of halogens is 1. The van der Waals surface area contributed by atoms with Crippen LogP contribution in [0.5, 0.6) is 0 Å². The molecule has 0 aromatic carbocycles. The molecule has 0 spiro atoms. The highest BCUT2D eigenvalue weighted by Gasteiger charge is 2.29. The molecular formula is C12H20BrN3O. The summed E-state index contributed by atoms with van der Waals surface area (Å²) in [6.07, 6.45) is 3.53. The molecule has 2 N–H and O–H groups in total. The number of aromatic nitrogens is 2. The molecule has 17 heavy (non-hydrogen) atoms. The Morgan fingerprint density at radius 2 is 2.24 bits per heavy atom. The zero-order valence-electron chi connectivity index (χ0n) is 10.4. The van der Waals surface area contributed by atoms with E-state index in [2.05, 4.69) is 28.0 Å². The van der Waals surface area contributed by atoms with Crippen molar-refractivity contribution in [2.45, 2.75) is 38.9 Å². The molecule has 0 bridgehead atoms. The second-order valence-corrected chi connectivity index (χ2v) is 5.48. The number of nitrogens with zero attached hydrogens (tertiary/aromatic N) is 2. The Balaban J connectivity index is 1.89. The predicted molar refractivity (Wildman–Crippen MR) is 70.6 cm³/mol. The van der Waals surface area contributed by atoms with Gasteiger partial charge in [-0.3, -0.25) is 4.68 Å². The fourth-order valence-corrected chi connectivity index (χ4v) is 2.91. The third-order valence-electron chi connectivity index (χ3n) is 3.48. The average Bonchev–Trinajstić information content (AvgIpc) is 2.53. The number of rotatable bonds is 5. The van der Waals surface area contributed by atoms with Crippen LogP contribution in [-0.4, -0.2) is 22.4 Å². The Kier molecular flexibility index (Phi) is 4.22. The summed E-state index contributed by atoms with van der Waals surface area (Å²) in [5.41, 5.74) is 7.82. The third kappa shape index (κ3) is 2.72. The van der Waals surface area contributed by atoms with Crippen LogP contribution in [0.25, 0.3) is 0 Å². The number of hydrogen-bond acceptors (Lipinski definition) is 3. The summed E-state index contributed by atoms with van der Waals surface area (Å²) >= 11 is 3.59. The third-order valence-corrected chi connectivity index (χ3v) is 4.40. The minimum absolute atomic E-state index is 0.385. The first-order valence-electron chi connectivity index (χ1n) is 6.17. The molecule has 1 aliphatic carbocycles. The molecule has 1 fully saturated rings. The molecule has 0 saturated heterocycles. The van der Waals surface area contributed by atoms with E-state index in [1.807, 2.05) is 11.7 Å². The van der Waals surface area contributed by atoms with E-state index in [0.29, 0.717) is 18.6 Å². The van der Waals surface area contributed by atoms with Gasteiger partial charge in [-0.15, -0.1) is 0 Å². The zero-order valence-corrected chi connectivity index (χ0v) is 12.0. The van der Waals surface area contributed by atoms with Crippen LogP contribution in [-0.2, 0) is 24.8 Å². The van der Waals surface area contributed by atoms with Crippen LogP contribution in [0.3, 0.4) is 0 Å². The van der Waals surface area contributed by atoms with Gasteiger partial charge in [-0.05, 0) is 47.7 Å². The quantitative estimate of drug-likeness (QED) is 0.905. The Hall–Kier alpha value is -0.390. The van der Waals surface area contributed by atoms with Gasteiger partial charge < -0.3 is 10.5 Å². The smallest absolute Gasteiger partial charge is 0.0900 e. The molecule has 5 heteroatoms. The normalized spacial score (nSPS) is 23.8. The van der Waals surface area contributed by atoms with Gasteiger partial charge in [0.15, 0.2) is 0 Å². The monoisotopic (exact) mass is 301 g/mol. The minimum Gasteiger partial charge on any atom is -0.372 e. The maximum absolute atomic E-state index is 5.87. The van der Waals surface area contributed by atoms with Gasteiger partial charge in [-0.2, -0.15) is 5.10 Å². The second kappa shape index (κ2) is 5.50. The number of aryl methyl sites for hydroxylation is 2. The first-order valence-corrected chi connectivity index (χ1v) is 6.96. The molecule has 0 radical (unpaired) electrons. The molecule has 2 rings (SSSR count). The molecule has 1 heterocycles. The maximum Gasteiger partial charge on any atom is 0.0900 e. The maximum atomic E-state index is 5.87. The standard InChI is InChI=1S/C12H20BrN3O/c1-3-10-12(13)11(16(2)15-10)7-17-9-4-8(5-9)6-14/h8-9H,3-7,14H2,1-2H3. The molecule has 0 unspecified atom stereocenters. The van der Waals surface area contributed by atoms with Crippen molar-refractivity contribution in [1.82, 2.24) is 9.78 Å². The van der Waals surface area contributed by atoms with Gasteiger partial charge in [0.25, 0.3) is 0 Å². The molecule has 0 aliphatic heterocycles. The van der Waals surface area contributed by atoms with Crippen LogP contribution >= 0.6 is 15.9 Å². The first kappa shape index (κ1) is 13.1. The summed E-state index contributed by atoms with van der Waals surface area (Å²) in [6.45, 7) is 3.52. The van der Waals surface area contributed by atoms with Crippen LogP contribution in [0.1, 0.15) is 31.2 Å². The lowest BCUT2D eigenvalue weighted by atomic mass is 9.82. The lowest BCUT2D eigenvalue weighted by Gasteiger charge is -2.34. The van der Waals surface area contributed by atoms with Gasteiger partial charge in [0.2, 0.25) is 0 Å². The highest BCUT2D eigenvalue weighted by Crippen LogP contribution is 2.30. The number of hydrogen-bond donors (Lipinski definition) is 1. The van der Waals surface area contributed by atoms with Crippen molar-refractivity contribution < 1.29 is 4.74 Å². The summed E-state index contributed by atoms with van der Waals surface area (Å²) < 4.78 is 8.87. The van der Waals surface area contributed by atoms with E-state index in [1.54, 1.807) is 0 Å². The average molecular weight is 302 g/mol. The Labute approximate surface area is 111 Å². The summed E-state index contributed by atoms with van der Waals surface area (Å²) in [6, 6.07) is 0. The topological polar surface area (TPSA) is 53.1 Å². The minimum atomic E-state index is 0.385. The molecule has 96 valence electrons. The number of ether oxygens (including phenoxy) is 1. The van der Waals surface area contributed by atoms with Crippen molar-refractivity contribution >= 4 is 15.9 Å². The van der Waals surface area contributed by atoms with Crippen molar-refractivity contribution in [2.24, 2.45) is 18.7 Å². The molecule has 1 aromatic rings. The van der Waals surface area contributed by atoms with Crippen LogP contribution in [0.2, 0.25) is 0 Å². The molecule has 1 aliphatic rings. The predicted octanol–water partition coefficient (Wildman–Crippen LogP) is 2.00. The molecule has 1 saturated carbocycles. The molecule has 0 atom stereocenters. The van der Waals surface area contributed by atoms with E-state index >= 15 is 0 Å². The largest absolute Gasteiger partial charge is 0.372 e. The van der Waals surface area contributed by atoms with E-state index < -0.39 is 0 Å². The highest BCUT2D eigenvalue weighted by atomic mass is 79.9. The van der Waals surface area contributed by atoms with Gasteiger partial charge in [0, 0.05) is 7.05 Å². The van der Waals surface area contributed by atoms with E-state index in [-0.39, 0.29) is 0 Å². The lowest BCUT2D eigenvalue weighted by molar-refractivity contribution is -0.0399. The molecule has 1 aromatic heterocycles. The van der Waals surface area contributed by atoms with E-state index in [4.69, 9.17) is 10.5 Å². The molecular weight excluding hydrogens is 282 g/mol. The SMILES string of the molecule is CCc1nn(C)c(COC2CC(CN)C2)c1Br. The van der Waals surface area contributed by atoms with Crippen LogP contribution in [0.15, 0.2) is 4.47 Å². The summed E-state index contributed by atoms with van der Waals surface area (Å²) in [5, 5.41) is 4.45. The van der Waals surface area contributed by atoms with Crippen LogP contribution < -0.4 is 5.73 Å². The van der Waals surface area contributed by atoms with Gasteiger partial charge in [0.1, 0.15) is 0 Å². The van der Waals surface area contributed by atoms with Crippen molar-refractivity contribution in [3.8, 4) is 0 Å². The first-order chi connectivity index (χ1) is 8.15. The zero-order chi connectivity index (χ0) is 12.4. The number of nitrogens with two attached hydrogens (primary N) is 1. The summed E-state index contributed by atoms with van der Waals surface area (Å²) in [5.74, 6) is 0.668. The van der Waals surface area contributed by atoms with E-state index in [1.165, 1.54) is 0 Å². The van der Waals surface area contributed by atoms with Crippen LogP contribution in [0, 0.1) is 5.92 Å². The van der Waals surface area contributed by atoms with Crippen molar-refractivity contribution in [1.29, 1.82) is 0 Å². The van der Waals surface area contributed by atoms with Gasteiger partial charge in [-0.1, -0.05) is 6.92 Å². The van der Waals surface area contributed by atoms with Crippen molar-refractivity contribution in [2.75, 3.05) is 6.54 Å². The Morgan fingerprint density at radius 1 is 1.53 bits per heavy atom. The van der Waals surface area contributed by atoms with E-state index in [0.717, 1.165) is 41.7 Å². The fraction of sp³-hybridized carbons (Fsp3) is 0.750. The molecule has 4 nitrogen and oxygen atoms in total. The van der Waals surface area contributed by atoms with Crippen LogP contribution in [0.4, 0.5) is 0 Å². The van der Waals surface area contributed by atoms with E-state index in [9.17, 15) is 0 Å². The lowest BCUT2D eigenvalue weighted by Crippen LogP contribution is -2.35. The van der Waals surface area contributed by atoms with Crippen molar-refractivity contribution in [3.63, 3.8) is 0 Å².